The number of hydrogen-bond donors (Lipinski definition) is 1. The smallest absolute Gasteiger partial charge is 0.422 e. The van der Waals surface area contributed by atoms with Crippen LogP contribution in [0, 0.1) is 0 Å². The molecule has 0 bridgehead atoms. The van der Waals surface area contributed by atoms with Crippen molar-refractivity contribution in [2.24, 2.45) is 0 Å². The lowest BCUT2D eigenvalue weighted by Gasteiger charge is -2.25. The predicted molar refractivity (Wildman–Crippen MR) is 91.2 cm³/mol. The number of hydrogen-bond acceptors (Lipinski definition) is 4. The third kappa shape index (κ3) is 7.21. The van der Waals surface area contributed by atoms with Gasteiger partial charge in [0.2, 0.25) is 0 Å². The van der Waals surface area contributed by atoms with Crippen molar-refractivity contribution in [3.63, 3.8) is 0 Å². The van der Waals surface area contributed by atoms with E-state index in [1.165, 1.54) is 0 Å². The molecule has 2 rings (SSSR count). The van der Waals surface area contributed by atoms with Gasteiger partial charge in [-0.2, -0.15) is 13.2 Å². The van der Waals surface area contributed by atoms with Crippen LogP contribution in [0.25, 0.3) is 0 Å². The molecule has 1 heterocycles. The number of alkyl halides is 3. The molecule has 0 saturated carbocycles. The third-order valence-corrected chi connectivity index (χ3v) is 4.53. The van der Waals surface area contributed by atoms with Gasteiger partial charge in [-0.3, -0.25) is 14.6 Å². The van der Waals surface area contributed by atoms with Crippen molar-refractivity contribution in [3.05, 3.63) is 29.8 Å². The number of likely N-dealkylation sites (N-methyl/N-ethyl adjacent to an activating group) is 1. The van der Waals surface area contributed by atoms with E-state index in [0.717, 1.165) is 44.5 Å². The first-order valence-electron chi connectivity index (χ1n) is 8.66. The van der Waals surface area contributed by atoms with Crippen molar-refractivity contribution in [1.29, 1.82) is 0 Å². The van der Waals surface area contributed by atoms with E-state index in [0.29, 0.717) is 0 Å². The Morgan fingerprint density at radius 3 is 2.58 bits per heavy atom. The lowest BCUT2D eigenvalue weighted by Crippen LogP contribution is -2.36. The third-order valence-electron chi connectivity index (χ3n) is 4.53. The molecule has 1 atom stereocenters. The van der Waals surface area contributed by atoms with Crippen LogP contribution in [0.5, 0.6) is 5.75 Å². The highest BCUT2D eigenvalue weighted by atomic mass is 19.4. The van der Waals surface area contributed by atoms with Gasteiger partial charge >= 0.3 is 12.1 Å². The lowest BCUT2D eigenvalue weighted by molar-refractivity contribution is -0.153. The van der Waals surface area contributed by atoms with Gasteiger partial charge in [-0.05, 0) is 57.1 Å². The summed E-state index contributed by atoms with van der Waals surface area (Å²) in [6, 6.07) is 6.94. The Kier molecular flexibility index (Phi) is 7.28. The van der Waals surface area contributed by atoms with Gasteiger partial charge in [0.25, 0.3) is 0 Å². The van der Waals surface area contributed by atoms with Gasteiger partial charge in [-0.15, -0.1) is 0 Å². The van der Waals surface area contributed by atoms with E-state index in [9.17, 15) is 18.0 Å². The molecular weight excluding hydrogens is 349 g/mol. The number of rotatable bonds is 7. The monoisotopic (exact) mass is 374 g/mol. The predicted octanol–water partition coefficient (Wildman–Crippen LogP) is 3.00. The van der Waals surface area contributed by atoms with E-state index in [4.69, 9.17) is 9.84 Å². The normalized spacial score (nSPS) is 19.3. The van der Waals surface area contributed by atoms with Crippen LogP contribution in [-0.4, -0.2) is 66.4 Å². The van der Waals surface area contributed by atoms with Gasteiger partial charge < -0.3 is 9.84 Å². The van der Waals surface area contributed by atoms with E-state index in [-0.39, 0.29) is 18.3 Å². The second-order valence-electron chi connectivity index (χ2n) is 6.72. The van der Waals surface area contributed by atoms with E-state index < -0.39 is 18.8 Å². The number of ether oxygens (including phenoxy) is 1. The summed E-state index contributed by atoms with van der Waals surface area (Å²) >= 11 is 0. The number of carboxylic acid groups (broad SMARTS) is 1. The van der Waals surface area contributed by atoms with Crippen molar-refractivity contribution in [2.75, 3.05) is 33.3 Å². The summed E-state index contributed by atoms with van der Waals surface area (Å²) in [6.07, 6.45) is -1.49. The molecule has 1 N–H and O–H groups in total. The first-order valence-corrected chi connectivity index (χ1v) is 8.66. The topological polar surface area (TPSA) is 53.0 Å². The van der Waals surface area contributed by atoms with E-state index in [1.807, 2.05) is 11.9 Å². The molecule has 26 heavy (non-hydrogen) atoms. The first kappa shape index (κ1) is 20.5. The fourth-order valence-corrected chi connectivity index (χ4v) is 3.19. The molecule has 146 valence electrons. The summed E-state index contributed by atoms with van der Waals surface area (Å²) in [5, 5.41) is 8.91. The number of carbonyl (C=O) groups is 1. The molecule has 1 saturated heterocycles. The zero-order valence-corrected chi connectivity index (χ0v) is 14.8. The summed E-state index contributed by atoms with van der Waals surface area (Å²) in [7, 11) is 1.84. The van der Waals surface area contributed by atoms with Crippen molar-refractivity contribution in [1.82, 2.24) is 9.80 Å². The van der Waals surface area contributed by atoms with Crippen LogP contribution >= 0.6 is 0 Å². The largest absolute Gasteiger partial charge is 0.484 e. The Labute approximate surface area is 151 Å². The first-order chi connectivity index (χ1) is 12.2. The molecule has 0 amide bonds. The minimum Gasteiger partial charge on any atom is -0.484 e. The molecule has 0 aliphatic carbocycles. The number of carboxylic acids is 1. The second-order valence-corrected chi connectivity index (χ2v) is 6.72. The van der Waals surface area contributed by atoms with E-state index >= 15 is 0 Å². The molecule has 0 radical (unpaired) electrons. The van der Waals surface area contributed by atoms with Crippen LogP contribution in [0.1, 0.15) is 24.8 Å². The van der Waals surface area contributed by atoms with Crippen LogP contribution in [-0.2, 0) is 11.3 Å². The number of likely N-dealkylation sites (tertiary alicyclic amines) is 1. The Morgan fingerprint density at radius 1 is 1.27 bits per heavy atom. The highest BCUT2D eigenvalue weighted by molar-refractivity contribution is 5.69. The maximum absolute atomic E-state index is 12.2. The molecule has 1 aliphatic heterocycles. The quantitative estimate of drug-likeness (QED) is 0.795. The Hall–Kier alpha value is -1.80. The average molecular weight is 374 g/mol. The van der Waals surface area contributed by atoms with Crippen molar-refractivity contribution in [2.45, 2.75) is 38.0 Å². The fourth-order valence-electron chi connectivity index (χ4n) is 3.19. The molecule has 0 aromatic heterocycles. The molecule has 1 aromatic rings. The van der Waals surface area contributed by atoms with Crippen LogP contribution in [0.4, 0.5) is 13.2 Å². The van der Waals surface area contributed by atoms with Crippen LogP contribution in [0.3, 0.4) is 0 Å². The van der Waals surface area contributed by atoms with Gasteiger partial charge in [-0.25, -0.2) is 0 Å². The highest BCUT2D eigenvalue weighted by Gasteiger charge is 2.28. The standard InChI is InChI=1S/C18H25F3N2O3/c1-22(12-17(24)25)15-3-2-9-23(10-8-15)11-14-4-6-16(7-5-14)26-13-18(19,20)21/h4-7,15H,2-3,8-13H2,1H3,(H,24,25). The summed E-state index contributed by atoms with van der Waals surface area (Å²) in [4.78, 5) is 15.0. The Morgan fingerprint density at radius 2 is 1.96 bits per heavy atom. The summed E-state index contributed by atoms with van der Waals surface area (Å²) in [5.74, 6) is -0.612. The van der Waals surface area contributed by atoms with Crippen LogP contribution in [0.15, 0.2) is 24.3 Å². The van der Waals surface area contributed by atoms with Crippen LogP contribution < -0.4 is 4.74 Å². The Balaban J connectivity index is 1.82. The van der Waals surface area contributed by atoms with Gasteiger partial charge in [0.1, 0.15) is 5.75 Å². The minimum absolute atomic E-state index is 0.0457. The summed E-state index contributed by atoms with van der Waals surface area (Å²) in [5.41, 5.74) is 1.02. The molecule has 1 unspecified atom stereocenters. The number of aliphatic carboxylic acids is 1. The average Bonchev–Trinajstić information content (AvgIpc) is 2.78. The van der Waals surface area contributed by atoms with Gasteiger partial charge in [0.15, 0.2) is 6.61 Å². The molecule has 0 spiro atoms. The summed E-state index contributed by atoms with van der Waals surface area (Å²) in [6.45, 7) is 1.26. The highest BCUT2D eigenvalue weighted by Crippen LogP contribution is 2.21. The number of halogens is 3. The van der Waals surface area contributed by atoms with Crippen molar-refractivity contribution >= 4 is 5.97 Å². The molecule has 5 nitrogen and oxygen atoms in total. The van der Waals surface area contributed by atoms with Gasteiger partial charge in [0, 0.05) is 12.6 Å². The maximum Gasteiger partial charge on any atom is 0.422 e. The van der Waals surface area contributed by atoms with E-state index in [1.54, 1.807) is 24.3 Å². The minimum atomic E-state index is -4.34. The maximum atomic E-state index is 12.2. The van der Waals surface area contributed by atoms with Crippen molar-refractivity contribution < 1.29 is 27.8 Å². The number of benzene rings is 1. The summed E-state index contributed by atoms with van der Waals surface area (Å²) < 4.78 is 41.2. The molecule has 1 aromatic carbocycles. The van der Waals surface area contributed by atoms with E-state index in [2.05, 4.69) is 4.90 Å². The zero-order chi connectivity index (χ0) is 19.2. The fraction of sp³-hybridized carbons (Fsp3) is 0.611. The number of nitrogens with zero attached hydrogens (tertiary/aromatic N) is 2. The molecular formula is C18H25F3N2O3. The molecule has 1 aliphatic rings. The van der Waals surface area contributed by atoms with Gasteiger partial charge in [-0.1, -0.05) is 12.1 Å². The Bertz CT molecular complexity index is 578. The molecule has 8 heteroatoms. The zero-order valence-electron chi connectivity index (χ0n) is 14.8. The second kappa shape index (κ2) is 9.23. The molecule has 1 fully saturated rings. The van der Waals surface area contributed by atoms with Gasteiger partial charge in [0.05, 0.1) is 6.54 Å². The van der Waals surface area contributed by atoms with Crippen LogP contribution in [0.2, 0.25) is 0 Å². The van der Waals surface area contributed by atoms with Crippen molar-refractivity contribution in [3.8, 4) is 5.75 Å². The SMILES string of the molecule is CN(CC(=O)O)C1CCCN(Cc2ccc(OCC(F)(F)F)cc2)CC1. The lowest BCUT2D eigenvalue weighted by atomic mass is 10.1.